The summed E-state index contributed by atoms with van der Waals surface area (Å²) in [7, 11) is 1.62. The number of amides is 2. The summed E-state index contributed by atoms with van der Waals surface area (Å²) in [6, 6.07) is 15.0. The highest BCUT2D eigenvalue weighted by Gasteiger charge is 2.17. The molecule has 0 aliphatic carbocycles. The number of hydrogen-bond donors (Lipinski definition) is 1. The lowest BCUT2D eigenvalue weighted by Gasteiger charge is -2.27. The van der Waals surface area contributed by atoms with Crippen LogP contribution in [-0.2, 0) is 0 Å². The molecule has 5 nitrogen and oxygen atoms in total. The summed E-state index contributed by atoms with van der Waals surface area (Å²) in [6.45, 7) is 7.62. The molecule has 1 N–H and O–H groups in total. The van der Waals surface area contributed by atoms with Gasteiger partial charge in [-0.1, -0.05) is 29.8 Å². The van der Waals surface area contributed by atoms with Gasteiger partial charge in [0, 0.05) is 28.9 Å². The van der Waals surface area contributed by atoms with Crippen LogP contribution in [0.25, 0.3) is 0 Å². The van der Waals surface area contributed by atoms with Crippen molar-refractivity contribution in [2.45, 2.75) is 13.8 Å². The molecule has 0 aliphatic rings. The number of carbonyl (C=O) groups excluding carboxylic acids is 1. The third-order valence-electron chi connectivity index (χ3n) is 4.26. The molecule has 0 aliphatic heterocycles. The van der Waals surface area contributed by atoms with E-state index in [9.17, 15) is 4.79 Å². The number of urea groups is 1. The summed E-state index contributed by atoms with van der Waals surface area (Å²) in [5.41, 5.74) is 1.60. The lowest BCUT2D eigenvalue weighted by Crippen LogP contribution is -2.41. The largest absolute Gasteiger partial charge is 0.497 e. The van der Waals surface area contributed by atoms with Crippen LogP contribution < -0.4 is 15.0 Å². The second-order valence-corrected chi connectivity index (χ2v) is 6.73. The standard InChI is InChI=1S/C20H26BrN3O2/c1-4-23(5-2)14-15-24(18-10-6-16(21)7-11-18)20(25)22-17-8-12-19(26-3)13-9-17/h6-13H,4-5,14-15H2,1-3H3,(H,22,25). The van der Waals surface area contributed by atoms with Gasteiger partial charge in [-0.05, 0) is 61.6 Å². The minimum atomic E-state index is -0.148. The molecule has 2 amide bonds. The highest BCUT2D eigenvalue weighted by molar-refractivity contribution is 9.10. The Hall–Kier alpha value is -2.05. The summed E-state index contributed by atoms with van der Waals surface area (Å²) in [6.07, 6.45) is 0. The van der Waals surface area contributed by atoms with E-state index in [1.165, 1.54) is 0 Å². The first-order valence-corrected chi connectivity index (χ1v) is 9.57. The van der Waals surface area contributed by atoms with Crippen molar-refractivity contribution < 1.29 is 9.53 Å². The maximum atomic E-state index is 12.9. The van der Waals surface area contributed by atoms with Gasteiger partial charge in [-0.3, -0.25) is 4.90 Å². The predicted molar refractivity (Wildman–Crippen MR) is 111 cm³/mol. The van der Waals surface area contributed by atoms with E-state index in [2.05, 4.69) is 40.0 Å². The van der Waals surface area contributed by atoms with Crippen molar-refractivity contribution >= 4 is 33.3 Å². The molecule has 0 radical (unpaired) electrons. The Morgan fingerprint density at radius 1 is 1.00 bits per heavy atom. The summed E-state index contributed by atoms with van der Waals surface area (Å²) in [4.78, 5) is 17.0. The lowest BCUT2D eigenvalue weighted by atomic mass is 10.2. The number of anilines is 2. The molecule has 6 heteroatoms. The van der Waals surface area contributed by atoms with Gasteiger partial charge >= 0.3 is 6.03 Å². The Morgan fingerprint density at radius 2 is 1.62 bits per heavy atom. The summed E-state index contributed by atoms with van der Waals surface area (Å²) in [5.74, 6) is 0.759. The molecule has 0 atom stereocenters. The molecule has 0 saturated carbocycles. The molecular weight excluding hydrogens is 394 g/mol. The molecular formula is C20H26BrN3O2. The van der Waals surface area contributed by atoms with E-state index >= 15 is 0 Å². The number of methoxy groups -OCH3 is 1. The van der Waals surface area contributed by atoms with Gasteiger partial charge in [0.1, 0.15) is 5.75 Å². The zero-order valence-corrected chi connectivity index (χ0v) is 17.1. The van der Waals surface area contributed by atoms with Gasteiger partial charge < -0.3 is 15.0 Å². The fraction of sp³-hybridized carbons (Fsp3) is 0.350. The highest BCUT2D eigenvalue weighted by atomic mass is 79.9. The number of ether oxygens (including phenoxy) is 1. The van der Waals surface area contributed by atoms with Gasteiger partial charge in [0.25, 0.3) is 0 Å². The summed E-state index contributed by atoms with van der Waals surface area (Å²) >= 11 is 3.44. The molecule has 2 rings (SSSR count). The minimum Gasteiger partial charge on any atom is -0.497 e. The van der Waals surface area contributed by atoms with E-state index in [0.717, 1.165) is 41.2 Å². The van der Waals surface area contributed by atoms with Crippen LogP contribution in [0.15, 0.2) is 53.0 Å². The van der Waals surface area contributed by atoms with Crippen LogP contribution in [0.4, 0.5) is 16.2 Å². The van der Waals surface area contributed by atoms with Gasteiger partial charge in [0.15, 0.2) is 0 Å². The van der Waals surface area contributed by atoms with Crippen LogP contribution in [0.2, 0.25) is 0 Å². The Labute approximate surface area is 164 Å². The Kier molecular flexibility index (Phi) is 7.94. The number of likely N-dealkylation sites (N-methyl/N-ethyl adjacent to an activating group) is 1. The van der Waals surface area contributed by atoms with Crippen LogP contribution in [0, 0.1) is 0 Å². The van der Waals surface area contributed by atoms with Crippen molar-refractivity contribution in [1.29, 1.82) is 0 Å². The van der Waals surface area contributed by atoms with Crippen LogP contribution in [0.3, 0.4) is 0 Å². The first-order valence-electron chi connectivity index (χ1n) is 8.77. The van der Waals surface area contributed by atoms with Crippen molar-refractivity contribution in [3.05, 3.63) is 53.0 Å². The maximum absolute atomic E-state index is 12.9. The van der Waals surface area contributed by atoms with Crippen molar-refractivity contribution in [2.75, 3.05) is 43.5 Å². The Balaban J connectivity index is 2.14. The molecule has 140 valence electrons. The predicted octanol–water partition coefficient (Wildman–Crippen LogP) is 4.84. The van der Waals surface area contributed by atoms with Gasteiger partial charge in [-0.2, -0.15) is 0 Å². The topological polar surface area (TPSA) is 44.8 Å². The first-order chi connectivity index (χ1) is 12.6. The molecule has 2 aromatic rings. The summed E-state index contributed by atoms with van der Waals surface area (Å²) < 4.78 is 6.15. The number of halogens is 1. The van der Waals surface area contributed by atoms with Crippen molar-refractivity contribution in [3.63, 3.8) is 0 Å². The molecule has 2 aromatic carbocycles. The monoisotopic (exact) mass is 419 g/mol. The molecule has 0 fully saturated rings. The van der Waals surface area contributed by atoms with Crippen LogP contribution in [0.5, 0.6) is 5.75 Å². The van der Waals surface area contributed by atoms with Crippen LogP contribution in [-0.4, -0.2) is 44.2 Å². The number of carbonyl (C=O) groups is 1. The molecule has 0 aromatic heterocycles. The van der Waals surface area contributed by atoms with E-state index in [1.807, 2.05) is 48.5 Å². The number of benzene rings is 2. The number of nitrogens with one attached hydrogen (secondary N) is 1. The second-order valence-electron chi connectivity index (χ2n) is 5.81. The second kappa shape index (κ2) is 10.2. The lowest BCUT2D eigenvalue weighted by molar-refractivity contribution is 0.254. The highest BCUT2D eigenvalue weighted by Crippen LogP contribution is 2.21. The Morgan fingerprint density at radius 3 is 2.15 bits per heavy atom. The van der Waals surface area contributed by atoms with Crippen LogP contribution in [0.1, 0.15) is 13.8 Å². The van der Waals surface area contributed by atoms with E-state index in [1.54, 1.807) is 12.0 Å². The van der Waals surface area contributed by atoms with E-state index in [4.69, 9.17) is 4.74 Å². The normalized spacial score (nSPS) is 10.7. The third-order valence-corrected chi connectivity index (χ3v) is 4.79. The smallest absolute Gasteiger partial charge is 0.326 e. The average Bonchev–Trinajstić information content (AvgIpc) is 2.67. The van der Waals surface area contributed by atoms with Gasteiger partial charge in [0.05, 0.1) is 7.11 Å². The number of rotatable bonds is 8. The van der Waals surface area contributed by atoms with Gasteiger partial charge in [0.2, 0.25) is 0 Å². The summed E-state index contributed by atoms with van der Waals surface area (Å²) in [5, 5.41) is 2.97. The molecule has 0 spiro atoms. The SMILES string of the molecule is CCN(CC)CCN(C(=O)Nc1ccc(OC)cc1)c1ccc(Br)cc1. The van der Waals surface area contributed by atoms with E-state index in [-0.39, 0.29) is 6.03 Å². The fourth-order valence-corrected chi connectivity index (χ4v) is 2.88. The fourth-order valence-electron chi connectivity index (χ4n) is 2.62. The molecule has 0 unspecified atom stereocenters. The molecule has 0 saturated heterocycles. The molecule has 0 heterocycles. The average molecular weight is 420 g/mol. The molecule has 26 heavy (non-hydrogen) atoms. The van der Waals surface area contributed by atoms with Crippen LogP contribution >= 0.6 is 15.9 Å². The third kappa shape index (κ3) is 5.75. The quantitative estimate of drug-likeness (QED) is 0.665. The number of nitrogens with zero attached hydrogens (tertiary/aromatic N) is 2. The van der Waals surface area contributed by atoms with E-state index in [0.29, 0.717) is 6.54 Å². The zero-order chi connectivity index (χ0) is 18.9. The van der Waals surface area contributed by atoms with Gasteiger partial charge in [-0.15, -0.1) is 0 Å². The maximum Gasteiger partial charge on any atom is 0.326 e. The minimum absolute atomic E-state index is 0.148. The first kappa shape index (κ1) is 20.3. The van der Waals surface area contributed by atoms with Crippen molar-refractivity contribution in [3.8, 4) is 5.75 Å². The van der Waals surface area contributed by atoms with Crippen molar-refractivity contribution in [2.24, 2.45) is 0 Å². The number of hydrogen-bond acceptors (Lipinski definition) is 3. The zero-order valence-electron chi connectivity index (χ0n) is 15.5. The molecule has 0 bridgehead atoms. The van der Waals surface area contributed by atoms with E-state index < -0.39 is 0 Å². The van der Waals surface area contributed by atoms with Crippen molar-refractivity contribution in [1.82, 2.24) is 4.90 Å². The van der Waals surface area contributed by atoms with Gasteiger partial charge in [-0.25, -0.2) is 4.79 Å². The Bertz CT molecular complexity index is 685.